The van der Waals surface area contributed by atoms with E-state index in [4.69, 9.17) is 29.6 Å². The molecule has 0 radical (unpaired) electrons. The minimum Gasteiger partial charge on any atom is -0.493 e. The number of hydrogen-bond donors (Lipinski definition) is 2. The van der Waals surface area contributed by atoms with E-state index < -0.39 is 0 Å². The molecule has 1 atom stereocenters. The van der Waals surface area contributed by atoms with Gasteiger partial charge in [0.05, 0.1) is 5.52 Å². The van der Waals surface area contributed by atoms with E-state index in [9.17, 15) is 5.11 Å². The van der Waals surface area contributed by atoms with E-state index in [1.54, 1.807) is 0 Å². The van der Waals surface area contributed by atoms with Crippen LogP contribution in [-0.4, -0.2) is 14.8 Å². The number of nitrogens with two attached hydrogens (primary N) is 1. The average Bonchev–Trinajstić information content (AvgIpc) is 2.91. The van der Waals surface area contributed by atoms with Crippen LogP contribution in [0.1, 0.15) is 38.3 Å². The Kier molecular flexibility index (Phi) is 4.25. The van der Waals surface area contributed by atoms with Gasteiger partial charge in [0, 0.05) is 21.4 Å². The molecule has 144 valence electrons. The fourth-order valence-corrected chi connectivity index (χ4v) is 4.82. The van der Waals surface area contributed by atoms with Crippen LogP contribution in [-0.2, 0) is 11.0 Å². The van der Waals surface area contributed by atoms with Gasteiger partial charge in [0.15, 0.2) is 5.69 Å². The molecule has 3 aromatic rings. The summed E-state index contributed by atoms with van der Waals surface area (Å²) in [6, 6.07) is 14.0. The number of nitrogens with zero attached hydrogens (tertiary/aromatic N) is 3. The van der Waals surface area contributed by atoms with Gasteiger partial charge in [0.1, 0.15) is 0 Å². The van der Waals surface area contributed by atoms with Gasteiger partial charge < -0.3 is 15.4 Å². The summed E-state index contributed by atoms with van der Waals surface area (Å²) in [6.45, 7) is 6.46. The first-order valence-electron chi connectivity index (χ1n) is 9.00. The Morgan fingerprint density at radius 2 is 1.86 bits per heavy atom. The van der Waals surface area contributed by atoms with Gasteiger partial charge in [-0.25, -0.2) is 0 Å². The molecule has 0 amide bonds. The number of para-hydroxylation sites is 1. The van der Waals surface area contributed by atoms with Gasteiger partial charge in [0.2, 0.25) is 11.0 Å². The molecule has 0 saturated heterocycles. The SMILES string of the molecule is CC1(c2ccc(Cl)cc2)CC(C)(C)n2c(O)c(N=NC(N)=S)c3cccc1c32. The van der Waals surface area contributed by atoms with Crippen molar-refractivity contribution in [3.8, 4) is 5.88 Å². The second-order valence-corrected chi connectivity index (χ2v) is 8.93. The quantitative estimate of drug-likeness (QED) is 0.414. The summed E-state index contributed by atoms with van der Waals surface area (Å²) in [5, 5.41) is 20.4. The molecule has 5 nitrogen and oxygen atoms in total. The Balaban J connectivity index is 2.07. The zero-order valence-electron chi connectivity index (χ0n) is 15.9. The molecule has 0 bridgehead atoms. The van der Waals surface area contributed by atoms with Crippen LogP contribution >= 0.6 is 23.8 Å². The summed E-state index contributed by atoms with van der Waals surface area (Å²) in [5.41, 5.74) is 8.49. The van der Waals surface area contributed by atoms with E-state index in [1.165, 1.54) is 5.56 Å². The molecule has 2 heterocycles. The van der Waals surface area contributed by atoms with Crippen LogP contribution in [0.15, 0.2) is 52.7 Å². The average molecular weight is 413 g/mol. The second kappa shape index (κ2) is 6.29. The van der Waals surface area contributed by atoms with E-state index in [0.717, 1.165) is 22.9 Å². The third-order valence-corrected chi connectivity index (χ3v) is 5.99. The fourth-order valence-electron chi connectivity index (χ4n) is 4.66. The van der Waals surface area contributed by atoms with Gasteiger partial charge in [-0.1, -0.05) is 48.9 Å². The Labute approximate surface area is 173 Å². The number of aromatic hydroxyl groups is 1. The van der Waals surface area contributed by atoms with E-state index in [2.05, 4.69) is 49.2 Å². The van der Waals surface area contributed by atoms with E-state index in [-0.39, 0.29) is 21.9 Å². The van der Waals surface area contributed by atoms with Gasteiger partial charge in [-0.3, -0.25) is 0 Å². The Morgan fingerprint density at radius 3 is 2.50 bits per heavy atom. The molecule has 28 heavy (non-hydrogen) atoms. The van der Waals surface area contributed by atoms with Crippen LogP contribution in [0.3, 0.4) is 0 Å². The van der Waals surface area contributed by atoms with Crippen LogP contribution in [0.4, 0.5) is 5.69 Å². The Bertz CT molecular complexity index is 1130. The largest absolute Gasteiger partial charge is 0.493 e. The maximum absolute atomic E-state index is 11.0. The number of benzene rings is 2. The molecule has 2 aromatic carbocycles. The normalized spacial score (nSPS) is 20.7. The highest BCUT2D eigenvalue weighted by Gasteiger charge is 2.45. The summed E-state index contributed by atoms with van der Waals surface area (Å²) in [4.78, 5) is 0. The summed E-state index contributed by atoms with van der Waals surface area (Å²) in [5.74, 6) is 0.0746. The summed E-state index contributed by atoms with van der Waals surface area (Å²) in [6.07, 6.45) is 0.794. The fraction of sp³-hybridized carbons (Fsp3) is 0.286. The molecule has 7 heteroatoms. The van der Waals surface area contributed by atoms with Crippen molar-refractivity contribution in [2.75, 3.05) is 0 Å². The topological polar surface area (TPSA) is 75.9 Å². The molecular weight excluding hydrogens is 392 g/mol. The van der Waals surface area contributed by atoms with Crippen molar-refractivity contribution in [2.24, 2.45) is 16.0 Å². The molecule has 1 aliphatic heterocycles. The number of thiocarbonyl (C=S) groups is 1. The molecule has 0 fully saturated rings. The van der Waals surface area contributed by atoms with E-state index >= 15 is 0 Å². The molecule has 4 rings (SSSR count). The van der Waals surface area contributed by atoms with Gasteiger partial charge >= 0.3 is 0 Å². The summed E-state index contributed by atoms with van der Waals surface area (Å²) >= 11 is 10.9. The van der Waals surface area contributed by atoms with Gasteiger partial charge in [-0.2, -0.15) is 0 Å². The van der Waals surface area contributed by atoms with Crippen molar-refractivity contribution in [2.45, 2.75) is 38.1 Å². The number of halogens is 1. The maximum Gasteiger partial charge on any atom is 0.221 e. The van der Waals surface area contributed by atoms with Crippen molar-refractivity contribution in [3.05, 3.63) is 58.6 Å². The highest BCUT2D eigenvalue weighted by Crippen LogP contribution is 2.54. The van der Waals surface area contributed by atoms with Crippen LogP contribution in [0, 0.1) is 0 Å². The summed E-state index contributed by atoms with van der Waals surface area (Å²) < 4.78 is 1.95. The number of hydrogen-bond acceptors (Lipinski definition) is 3. The maximum atomic E-state index is 11.0. The zero-order chi connectivity index (χ0) is 20.3. The van der Waals surface area contributed by atoms with Crippen molar-refractivity contribution < 1.29 is 5.11 Å². The van der Waals surface area contributed by atoms with Crippen LogP contribution in [0.2, 0.25) is 5.02 Å². The summed E-state index contributed by atoms with van der Waals surface area (Å²) in [7, 11) is 0. The molecule has 1 unspecified atom stereocenters. The first-order chi connectivity index (χ1) is 13.1. The molecular formula is C21H21ClN4OS. The molecule has 3 N–H and O–H groups in total. The zero-order valence-corrected chi connectivity index (χ0v) is 17.5. The minimum atomic E-state index is -0.359. The van der Waals surface area contributed by atoms with Crippen molar-refractivity contribution in [1.82, 2.24) is 4.57 Å². The predicted molar refractivity (Wildman–Crippen MR) is 117 cm³/mol. The standard InChI is InChI=1S/C21H21ClN4OS/c1-20(2)11-21(3,12-7-9-13(22)10-8-12)15-6-4-5-14-16(24-25-19(23)28)18(27)26(20)17(14)15/h4-10,27H,11H2,1-3H3,(H2,23,28). The Hall–Kier alpha value is -2.44. The van der Waals surface area contributed by atoms with Crippen LogP contribution < -0.4 is 5.73 Å². The predicted octanol–water partition coefficient (Wildman–Crippen LogP) is 5.77. The highest BCUT2D eigenvalue weighted by molar-refractivity contribution is 7.80. The molecule has 0 saturated carbocycles. The van der Waals surface area contributed by atoms with Gasteiger partial charge in [0.25, 0.3) is 0 Å². The Morgan fingerprint density at radius 1 is 1.18 bits per heavy atom. The van der Waals surface area contributed by atoms with Crippen LogP contribution in [0.25, 0.3) is 10.9 Å². The van der Waals surface area contributed by atoms with Crippen molar-refractivity contribution in [3.63, 3.8) is 0 Å². The lowest BCUT2D eigenvalue weighted by atomic mass is 9.66. The third-order valence-electron chi connectivity index (χ3n) is 5.65. The number of azo groups is 1. The van der Waals surface area contributed by atoms with Crippen molar-refractivity contribution in [1.29, 1.82) is 0 Å². The molecule has 0 spiro atoms. The van der Waals surface area contributed by atoms with E-state index in [1.807, 2.05) is 28.8 Å². The first-order valence-corrected chi connectivity index (χ1v) is 9.78. The first kappa shape index (κ1) is 18.9. The van der Waals surface area contributed by atoms with Gasteiger partial charge in [-0.05, 0) is 55.7 Å². The molecule has 0 aliphatic carbocycles. The number of rotatable bonds is 2. The highest BCUT2D eigenvalue weighted by atomic mass is 35.5. The van der Waals surface area contributed by atoms with Crippen LogP contribution in [0.5, 0.6) is 5.88 Å². The lowest BCUT2D eigenvalue weighted by Gasteiger charge is -2.45. The smallest absolute Gasteiger partial charge is 0.221 e. The number of aromatic nitrogens is 1. The van der Waals surface area contributed by atoms with E-state index in [0.29, 0.717) is 10.7 Å². The minimum absolute atomic E-state index is 0.0726. The molecule has 1 aromatic heterocycles. The second-order valence-electron chi connectivity index (χ2n) is 8.08. The third kappa shape index (κ3) is 2.71. The monoisotopic (exact) mass is 412 g/mol. The van der Waals surface area contributed by atoms with Gasteiger partial charge in [-0.15, -0.1) is 10.2 Å². The van der Waals surface area contributed by atoms with Crippen molar-refractivity contribution >= 4 is 45.5 Å². The lowest BCUT2D eigenvalue weighted by Crippen LogP contribution is -2.41. The lowest BCUT2D eigenvalue weighted by molar-refractivity contribution is 0.236. The molecule has 1 aliphatic rings.